The van der Waals surface area contributed by atoms with E-state index in [0.29, 0.717) is 10.0 Å². The summed E-state index contributed by atoms with van der Waals surface area (Å²) in [6.45, 7) is 4.26. The largest absolute Gasteiger partial charge is 0.349 e. The van der Waals surface area contributed by atoms with Gasteiger partial charge in [-0.1, -0.05) is 20.3 Å². The molecule has 0 bridgehead atoms. The molecule has 0 spiro atoms. The SMILES string of the molecule is CC1(C)CCCC1NC(=O)c1cc([N+](=O)[O-])ccc1Br. The Bertz CT molecular complexity index is 557. The lowest BCUT2D eigenvalue weighted by atomic mass is 9.87. The summed E-state index contributed by atoms with van der Waals surface area (Å²) in [6.07, 6.45) is 3.12. The number of non-ortho nitro benzene ring substituents is 1. The standard InChI is InChI=1S/C14H17BrN2O3/c1-14(2)7-3-4-12(14)16-13(18)10-8-9(17(19)20)5-6-11(10)15/h5-6,8,12H,3-4,7H2,1-2H3,(H,16,18). The molecule has 2 rings (SSSR count). The zero-order valence-electron chi connectivity index (χ0n) is 11.5. The van der Waals surface area contributed by atoms with Gasteiger partial charge in [0.2, 0.25) is 0 Å². The molecule has 1 aliphatic rings. The molecule has 1 atom stereocenters. The van der Waals surface area contributed by atoms with E-state index in [4.69, 9.17) is 0 Å². The first kappa shape index (κ1) is 15.0. The fraction of sp³-hybridized carbons (Fsp3) is 0.500. The minimum atomic E-state index is -0.497. The Morgan fingerprint density at radius 1 is 1.50 bits per heavy atom. The van der Waals surface area contributed by atoms with Crippen molar-refractivity contribution in [1.29, 1.82) is 0 Å². The molecule has 1 fully saturated rings. The van der Waals surface area contributed by atoms with Gasteiger partial charge in [0.15, 0.2) is 0 Å². The molecule has 1 aromatic carbocycles. The van der Waals surface area contributed by atoms with Crippen LogP contribution in [-0.4, -0.2) is 16.9 Å². The number of carbonyl (C=O) groups is 1. The Morgan fingerprint density at radius 3 is 2.75 bits per heavy atom. The van der Waals surface area contributed by atoms with Crippen LogP contribution < -0.4 is 5.32 Å². The summed E-state index contributed by atoms with van der Waals surface area (Å²) >= 11 is 3.27. The second-order valence-electron chi connectivity index (χ2n) is 5.83. The van der Waals surface area contributed by atoms with E-state index in [9.17, 15) is 14.9 Å². The van der Waals surface area contributed by atoms with E-state index in [2.05, 4.69) is 35.1 Å². The van der Waals surface area contributed by atoms with Crippen LogP contribution in [0.25, 0.3) is 0 Å². The van der Waals surface area contributed by atoms with E-state index in [0.717, 1.165) is 19.3 Å². The number of carbonyl (C=O) groups excluding carboxylic acids is 1. The van der Waals surface area contributed by atoms with Gasteiger partial charge >= 0.3 is 0 Å². The van der Waals surface area contributed by atoms with Crippen molar-refractivity contribution in [3.05, 3.63) is 38.3 Å². The molecule has 0 heterocycles. The van der Waals surface area contributed by atoms with Crippen molar-refractivity contribution in [3.8, 4) is 0 Å². The van der Waals surface area contributed by atoms with Crippen molar-refractivity contribution in [1.82, 2.24) is 5.32 Å². The van der Waals surface area contributed by atoms with Gasteiger partial charge in [0.05, 0.1) is 10.5 Å². The third-order valence-electron chi connectivity index (χ3n) is 3.97. The van der Waals surface area contributed by atoms with Crippen LogP contribution in [0, 0.1) is 15.5 Å². The average Bonchev–Trinajstić information content (AvgIpc) is 2.68. The summed E-state index contributed by atoms with van der Waals surface area (Å²) in [5.74, 6) is -0.263. The monoisotopic (exact) mass is 340 g/mol. The first-order chi connectivity index (χ1) is 9.31. The molecule has 1 N–H and O–H groups in total. The first-order valence-corrected chi connectivity index (χ1v) is 7.35. The summed E-state index contributed by atoms with van der Waals surface area (Å²) in [4.78, 5) is 22.6. The van der Waals surface area contributed by atoms with Gasteiger partial charge in [-0.3, -0.25) is 14.9 Å². The molecule has 0 aromatic heterocycles. The average molecular weight is 341 g/mol. The van der Waals surface area contributed by atoms with Crippen LogP contribution in [0.2, 0.25) is 0 Å². The van der Waals surface area contributed by atoms with Gasteiger partial charge in [-0.05, 0) is 40.3 Å². The van der Waals surface area contributed by atoms with Gasteiger partial charge in [-0.25, -0.2) is 0 Å². The van der Waals surface area contributed by atoms with E-state index in [1.165, 1.54) is 18.2 Å². The van der Waals surface area contributed by atoms with E-state index in [1.807, 2.05) is 0 Å². The van der Waals surface area contributed by atoms with Gasteiger partial charge < -0.3 is 5.32 Å². The minimum Gasteiger partial charge on any atom is -0.349 e. The normalized spacial score (nSPS) is 20.6. The maximum atomic E-state index is 12.3. The van der Waals surface area contributed by atoms with Gasteiger partial charge in [0.1, 0.15) is 0 Å². The predicted octanol–water partition coefficient (Wildman–Crippen LogP) is 3.67. The van der Waals surface area contributed by atoms with Crippen LogP contribution in [0.1, 0.15) is 43.5 Å². The summed E-state index contributed by atoms with van der Waals surface area (Å²) < 4.78 is 0.566. The maximum absolute atomic E-state index is 12.3. The molecule has 1 saturated carbocycles. The van der Waals surface area contributed by atoms with Crippen molar-refractivity contribution < 1.29 is 9.72 Å². The van der Waals surface area contributed by atoms with E-state index < -0.39 is 4.92 Å². The van der Waals surface area contributed by atoms with Crippen molar-refractivity contribution >= 4 is 27.5 Å². The van der Waals surface area contributed by atoms with Gasteiger partial charge in [-0.15, -0.1) is 0 Å². The van der Waals surface area contributed by atoms with Crippen LogP contribution in [-0.2, 0) is 0 Å². The number of amides is 1. The van der Waals surface area contributed by atoms with Crippen molar-refractivity contribution in [2.24, 2.45) is 5.41 Å². The molecule has 20 heavy (non-hydrogen) atoms. The fourth-order valence-electron chi connectivity index (χ4n) is 2.63. The summed E-state index contributed by atoms with van der Waals surface area (Å²) in [5, 5.41) is 13.8. The number of hydrogen-bond donors (Lipinski definition) is 1. The first-order valence-electron chi connectivity index (χ1n) is 6.56. The third kappa shape index (κ3) is 3.00. The predicted molar refractivity (Wildman–Crippen MR) is 79.7 cm³/mol. The fourth-order valence-corrected chi connectivity index (χ4v) is 3.06. The Morgan fingerprint density at radius 2 is 2.20 bits per heavy atom. The van der Waals surface area contributed by atoms with Gasteiger partial charge in [0, 0.05) is 22.6 Å². The van der Waals surface area contributed by atoms with E-state index >= 15 is 0 Å². The molecule has 5 nitrogen and oxygen atoms in total. The molecule has 0 radical (unpaired) electrons. The van der Waals surface area contributed by atoms with Crippen LogP contribution in [0.4, 0.5) is 5.69 Å². The highest BCUT2D eigenvalue weighted by molar-refractivity contribution is 9.10. The molecular weight excluding hydrogens is 324 g/mol. The molecule has 108 valence electrons. The van der Waals surface area contributed by atoms with Gasteiger partial charge in [0.25, 0.3) is 11.6 Å². The third-order valence-corrected chi connectivity index (χ3v) is 4.66. The lowest BCUT2D eigenvalue weighted by Crippen LogP contribution is -2.41. The number of nitro benzene ring substituents is 1. The van der Waals surface area contributed by atoms with Crippen molar-refractivity contribution in [3.63, 3.8) is 0 Å². The molecule has 1 aliphatic carbocycles. The number of nitrogens with one attached hydrogen (secondary N) is 1. The summed E-state index contributed by atoms with van der Waals surface area (Å²) in [5.41, 5.74) is 0.300. The summed E-state index contributed by atoms with van der Waals surface area (Å²) in [7, 11) is 0. The minimum absolute atomic E-state index is 0.0723. The topological polar surface area (TPSA) is 72.2 Å². The molecular formula is C14H17BrN2O3. The zero-order chi connectivity index (χ0) is 14.9. The Labute approximate surface area is 126 Å². The van der Waals surface area contributed by atoms with Crippen LogP contribution >= 0.6 is 15.9 Å². The summed E-state index contributed by atoms with van der Waals surface area (Å²) in [6, 6.07) is 4.33. The molecule has 0 aliphatic heterocycles. The van der Waals surface area contributed by atoms with Crippen LogP contribution in [0.3, 0.4) is 0 Å². The second kappa shape index (κ2) is 5.52. The smallest absolute Gasteiger partial charge is 0.270 e. The molecule has 1 aromatic rings. The molecule has 0 saturated heterocycles. The lowest BCUT2D eigenvalue weighted by molar-refractivity contribution is -0.384. The number of hydrogen-bond acceptors (Lipinski definition) is 3. The highest BCUT2D eigenvalue weighted by Gasteiger charge is 2.35. The Balaban J connectivity index is 2.21. The lowest BCUT2D eigenvalue weighted by Gasteiger charge is -2.27. The van der Waals surface area contributed by atoms with Gasteiger partial charge in [-0.2, -0.15) is 0 Å². The number of nitro groups is 1. The zero-order valence-corrected chi connectivity index (χ0v) is 13.1. The van der Waals surface area contributed by atoms with E-state index in [-0.39, 0.29) is 23.1 Å². The Hall–Kier alpha value is -1.43. The number of nitrogens with zero attached hydrogens (tertiary/aromatic N) is 1. The molecule has 6 heteroatoms. The second-order valence-corrected chi connectivity index (χ2v) is 6.68. The highest BCUT2D eigenvalue weighted by atomic mass is 79.9. The van der Waals surface area contributed by atoms with Crippen molar-refractivity contribution in [2.75, 3.05) is 0 Å². The molecule has 1 unspecified atom stereocenters. The maximum Gasteiger partial charge on any atom is 0.270 e. The van der Waals surface area contributed by atoms with E-state index in [1.54, 1.807) is 0 Å². The Kier molecular flexibility index (Phi) is 4.13. The highest BCUT2D eigenvalue weighted by Crippen LogP contribution is 2.37. The quantitative estimate of drug-likeness (QED) is 0.673. The molecule has 1 amide bonds. The van der Waals surface area contributed by atoms with Crippen molar-refractivity contribution in [2.45, 2.75) is 39.2 Å². The van der Waals surface area contributed by atoms with Crippen LogP contribution in [0.5, 0.6) is 0 Å². The number of halogens is 1. The van der Waals surface area contributed by atoms with Crippen LogP contribution in [0.15, 0.2) is 22.7 Å². The number of benzene rings is 1. The number of rotatable bonds is 3.